The fourth-order valence-electron chi connectivity index (χ4n) is 2.80. The lowest BCUT2D eigenvalue weighted by atomic mass is 10.2. The van der Waals surface area contributed by atoms with Gasteiger partial charge in [-0.2, -0.15) is 5.10 Å². The Labute approximate surface area is 145 Å². The van der Waals surface area contributed by atoms with Crippen molar-refractivity contribution in [2.75, 3.05) is 0 Å². The van der Waals surface area contributed by atoms with E-state index in [2.05, 4.69) is 22.3 Å². The van der Waals surface area contributed by atoms with Crippen LogP contribution in [0.3, 0.4) is 0 Å². The average Bonchev–Trinajstić information content (AvgIpc) is 3.03. The summed E-state index contributed by atoms with van der Waals surface area (Å²) in [6, 6.07) is 9.57. The zero-order valence-electron chi connectivity index (χ0n) is 14.3. The lowest BCUT2D eigenvalue weighted by Crippen LogP contribution is -2.37. The number of hydrogen-bond acceptors (Lipinski definition) is 4. The summed E-state index contributed by atoms with van der Waals surface area (Å²) in [5.74, 6) is -0.195. The maximum Gasteiger partial charge on any atom is 0.264 e. The SMILES string of the molecule is CCCC(C)NC(=O)Cn1cnc2c(cnn2-c2ccccc2)c1=O. The molecule has 3 aromatic rings. The summed E-state index contributed by atoms with van der Waals surface area (Å²) in [4.78, 5) is 29.0. The fourth-order valence-corrected chi connectivity index (χ4v) is 2.80. The lowest BCUT2D eigenvalue weighted by molar-refractivity contribution is -0.122. The van der Waals surface area contributed by atoms with Gasteiger partial charge in [0.15, 0.2) is 5.65 Å². The number of hydrogen-bond donors (Lipinski definition) is 1. The molecule has 2 aromatic heterocycles. The van der Waals surface area contributed by atoms with Crippen LogP contribution in [0.5, 0.6) is 0 Å². The lowest BCUT2D eigenvalue weighted by Gasteiger charge is -2.13. The predicted octanol–water partition coefficient (Wildman–Crippen LogP) is 1.89. The quantitative estimate of drug-likeness (QED) is 0.743. The van der Waals surface area contributed by atoms with Gasteiger partial charge < -0.3 is 5.32 Å². The molecule has 0 aliphatic rings. The van der Waals surface area contributed by atoms with Crippen molar-refractivity contribution in [1.82, 2.24) is 24.6 Å². The molecule has 0 saturated carbocycles. The third-order valence-electron chi connectivity index (χ3n) is 4.00. The van der Waals surface area contributed by atoms with E-state index in [4.69, 9.17) is 0 Å². The monoisotopic (exact) mass is 339 g/mol. The Morgan fingerprint density at radius 1 is 1.28 bits per heavy atom. The zero-order chi connectivity index (χ0) is 17.8. The van der Waals surface area contributed by atoms with Crippen LogP contribution in [-0.2, 0) is 11.3 Å². The van der Waals surface area contributed by atoms with E-state index in [1.165, 1.54) is 17.1 Å². The van der Waals surface area contributed by atoms with Gasteiger partial charge in [-0.25, -0.2) is 9.67 Å². The first-order valence-electron chi connectivity index (χ1n) is 8.38. The van der Waals surface area contributed by atoms with E-state index in [0.29, 0.717) is 11.0 Å². The molecule has 0 aliphatic heterocycles. The number of fused-ring (bicyclic) bond motifs is 1. The van der Waals surface area contributed by atoms with E-state index in [1.54, 1.807) is 4.68 Å². The van der Waals surface area contributed by atoms with Crippen molar-refractivity contribution in [3.8, 4) is 5.69 Å². The second-order valence-electron chi connectivity index (χ2n) is 6.06. The van der Waals surface area contributed by atoms with E-state index in [9.17, 15) is 9.59 Å². The van der Waals surface area contributed by atoms with Gasteiger partial charge in [0.05, 0.1) is 11.9 Å². The summed E-state index contributed by atoms with van der Waals surface area (Å²) >= 11 is 0. The Kier molecular flexibility index (Phi) is 4.92. The molecular weight excluding hydrogens is 318 g/mol. The first-order chi connectivity index (χ1) is 12.1. The molecule has 0 bridgehead atoms. The normalized spacial score (nSPS) is 12.2. The van der Waals surface area contributed by atoms with Crippen molar-refractivity contribution in [1.29, 1.82) is 0 Å². The number of benzene rings is 1. The minimum Gasteiger partial charge on any atom is -0.352 e. The van der Waals surface area contributed by atoms with Crippen molar-refractivity contribution in [3.05, 3.63) is 53.2 Å². The Hall–Kier alpha value is -2.96. The Morgan fingerprint density at radius 2 is 2.04 bits per heavy atom. The predicted molar refractivity (Wildman–Crippen MR) is 95.6 cm³/mol. The minimum absolute atomic E-state index is 0.0493. The summed E-state index contributed by atoms with van der Waals surface area (Å²) in [7, 11) is 0. The molecule has 1 N–H and O–H groups in total. The number of carbonyl (C=O) groups excluding carboxylic acids is 1. The first kappa shape index (κ1) is 16.9. The molecule has 0 spiro atoms. The third kappa shape index (κ3) is 3.60. The second kappa shape index (κ2) is 7.29. The van der Waals surface area contributed by atoms with Crippen LogP contribution < -0.4 is 10.9 Å². The molecule has 3 rings (SSSR count). The van der Waals surface area contributed by atoms with Crippen LogP contribution in [0.1, 0.15) is 26.7 Å². The molecule has 25 heavy (non-hydrogen) atoms. The first-order valence-corrected chi connectivity index (χ1v) is 8.38. The topological polar surface area (TPSA) is 81.8 Å². The molecule has 2 heterocycles. The van der Waals surface area contributed by atoms with Crippen molar-refractivity contribution < 1.29 is 4.79 Å². The molecule has 0 saturated heterocycles. The molecule has 130 valence electrons. The molecule has 0 fully saturated rings. The molecule has 1 atom stereocenters. The number of amides is 1. The van der Waals surface area contributed by atoms with Crippen molar-refractivity contribution >= 4 is 16.9 Å². The van der Waals surface area contributed by atoms with Crippen LogP contribution in [0.25, 0.3) is 16.7 Å². The number of carbonyl (C=O) groups is 1. The van der Waals surface area contributed by atoms with E-state index >= 15 is 0 Å². The molecule has 1 amide bonds. The number of para-hydroxylation sites is 1. The van der Waals surface area contributed by atoms with Crippen molar-refractivity contribution in [2.45, 2.75) is 39.3 Å². The highest BCUT2D eigenvalue weighted by Crippen LogP contribution is 2.12. The standard InChI is InChI=1S/C18H21N5O2/c1-3-7-13(2)21-16(24)11-22-12-19-17-15(18(22)25)10-20-23(17)14-8-5-4-6-9-14/h4-6,8-10,12-13H,3,7,11H2,1-2H3,(H,21,24). The second-order valence-corrected chi connectivity index (χ2v) is 6.06. The van der Waals surface area contributed by atoms with E-state index < -0.39 is 0 Å². The highest BCUT2D eigenvalue weighted by Gasteiger charge is 2.13. The minimum atomic E-state index is -0.273. The Balaban J connectivity index is 1.86. The van der Waals surface area contributed by atoms with Gasteiger partial charge in [0, 0.05) is 6.04 Å². The van der Waals surface area contributed by atoms with Crippen LogP contribution in [-0.4, -0.2) is 31.3 Å². The molecule has 0 radical (unpaired) electrons. The van der Waals surface area contributed by atoms with Crippen molar-refractivity contribution in [3.63, 3.8) is 0 Å². The largest absolute Gasteiger partial charge is 0.352 e. The number of nitrogens with zero attached hydrogens (tertiary/aromatic N) is 4. The van der Waals surface area contributed by atoms with Gasteiger partial charge in [-0.1, -0.05) is 31.5 Å². The number of aromatic nitrogens is 4. The Bertz CT molecular complexity index is 930. The summed E-state index contributed by atoms with van der Waals surface area (Å²) in [6.07, 6.45) is 4.79. The van der Waals surface area contributed by atoms with Gasteiger partial charge in [0.25, 0.3) is 5.56 Å². The van der Waals surface area contributed by atoms with Crippen LogP contribution in [0.15, 0.2) is 47.7 Å². The van der Waals surface area contributed by atoms with Gasteiger partial charge in [0.1, 0.15) is 18.3 Å². The van der Waals surface area contributed by atoms with Gasteiger partial charge in [-0.05, 0) is 25.5 Å². The molecule has 7 nitrogen and oxygen atoms in total. The van der Waals surface area contributed by atoms with E-state index in [1.807, 2.05) is 37.3 Å². The number of rotatable bonds is 6. The summed E-state index contributed by atoms with van der Waals surface area (Å²) in [6.45, 7) is 3.97. The fraction of sp³-hybridized carbons (Fsp3) is 0.333. The van der Waals surface area contributed by atoms with Crippen molar-refractivity contribution in [2.24, 2.45) is 0 Å². The van der Waals surface area contributed by atoms with E-state index in [0.717, 1.165) is 18.5 Å². The summed E-state index contributed by atoms with van der Waals surface area (Å²) in [5, 5.41) is 7.54. The van der Waals surface area contributed by atoms with Gasteiger partial charge in [-0.15, -0.1) is 0 Å². The smallest absolute Gasteiger partial charge is 0.264 e. The molecular formula is C18H21N5O2. The molecule has 0 aliphatic carbocycles. The van der Waals surface area contributed by atoms with Crippen LogP contribution >= 0.6 is 0 Å². The maximum atomic E-state index is 12.6. The molecule has 1 aromatic carbocycles. The Morgan fingerprint density at radius 3 is 2.76 bits per heavy atom. The third-order valence-corrected chi connectivity index (χ3v) is 4.00. The van der Waals surface area contributed by atoms with Gasteiger partial charge in [0.2, 0.25) is 5.91 Å². The summed E-state index contributed by atoms with van der Waals surface area (Å²) < 4.78 is 2.93. The van der Waals surface area contributed by atoms with E-state index in [-0.39, 0.29) is 24.1 Å². The van der Waals surface area contributed by atoms with Crippen LogP contribution in [0.2, 0.25) is 0 Å². The highest BCUT2D eigenvalue weighted by atomic mass is 16.2. The average molecular weight is 339 g/mol. The van der Waals surface area contributed by atoms with Crippen LogP contribution in [0, 0.1) is 0 Å². The molecule has 7 heteroatoms. The number of nitrogens with one attached hydrogen (secondary N) is 1. The van der Waals surface area contributed by atoms with Gasteiger partial charge >= 0.3 is 0 Å². The zero-order valence-corrected chi connectivity index (χ0v) is 14.3. The summed E-state index contributed by atoms with van der Waals surface area (Å²) in [5.41, 5.74) is 1.03. The molecule has 1 unspecified atom stereocenters. The highest BCUT2D eigenvalue weighted by molar-refractivity contribution is 5.78. The van der Waals surface area contributed by atoms with Gasteiger partial charge in [-0.3, -0.25) is 14.2 Å². The maximum absolute atomic E-state index is 12.6. The van der Waals surface area contributed by atoms with Crippen LogP contribution in [0.4, 0.5) is 0 Å².